The maximum Gasteiger partial charge on any atom is 0.322 e. The van der Waals surface area contributed by atoms with Crippen molar-refractivity contribution in [1.29, 1.82) is 0 Å². The van der Waals surface area contributed by atoms with Crippen LogP contribution in [0.3, 0.4) is 0 Å². The zero-order valence-electron chi connectivity index (χ0n) is 18.3. The zero-order valence-corrected chi connectivity index (χ0v) is 20.0. The van der Waals surface area contributed by atoms with E-state index in [1.165, 1.54) is 39.9 Å². The Hall–Kier alpha value is -2.63. The molecule has 3 aromatic rings. The van der Waals surface area contributed by atoms with Gasteiger partial charge in [-0.2, -0.15) is 4.31 Å². The van der Waals surface area contributed by atoms with Crippen molar-refractivity contribution in [2.45, 2.75) is 39.0 Å². The standard InChI is InChI=1S/C21H25N5O4S2/c1-12-9-13(2)11-26(10-12)32(28,29)17-7-5-16(6-8-17)19(27)23-21-25-24-20(30-21)18-14(3)22-15(4)31-18/h5-8,12-13H,9-11H2,1-4H3,(H,23,25,27)/t12-,13+. The summed E-state index contributed by atoms with van der Waals surface area (Å²) >= 11 is 1.43. The van der Waals surface area contributed by atoms with Gasteiger partial charge in [0.25, 0.3) is 11.8 Å². The van der Waals surface area contributed by atoms with Gasteiger partial charge < -0.3 is 4.42 Å². The van der Waals surface area contributed by atoms with Crippen LogP contribution in [-0.4, -0.2) is 46.9 Å². The highest BCUT2D eigenvalue weighted by Gasteiger charge is 2.31. The van der Waals surface area contributed by atoms with E-state index in [1.807, 2.05) is 13.8 Å². The summed E-state index contributed by atoms with van der Waals surface area (Å²) in [6, 6.07) is 5.83. The fourth-order valence-electron chi connectivity index (χ4n) is 3.99. The molecular formula is C21H25N5O4S2. The smallest absolute Gasteiger partial charge is 0.322 e. The number of hydrogen-bond donors (Lipinski definition) is 1. The van der Waals surface area contributed by atoms with Crippen molar-refractivity contribution in [3.8, 4) is 10.8 Å². The number of nitrogens with one attached hydrogen (secondary N) is 1. The van der Waals surface area contributed by atoms with Crippen LogP contribution in [-0.2, 0) is 10.0 Å². The summed E-state index contributed by atoms with van der Waals surface area (Å²) in [5.41, 5.74) is 1.07. The Balaban J connectivity index is 1.46. The van der Waals surface area contributed by atoms with Crippen LogP contribution in [0.1, 0.15) is 41.3 Å². The number of benzene rings is 1. The first kappa shape index (κ1) is 22.6. The number of aromatic nitrogens is 3. The van der Waals surface area contributed by atoms with E-state index in [0.717, 1.165) is 22.0 Å². The molecule has 3 heterocycles. The second-order valence-electron chi connectivity index (χ2n) is 8.31. The van der Waals surface area contributed by atoms with Gasteiger partial charge in [-0.15, -0.1) is 16.4 Å². The predicted octanol–water partition coefficient (Wildman–Crippen LogP) is 3.73. The van der Waals surface area contributed by atoms with E-state index in [1.54, 1.807) is 0 Å². The molecule has 1 aliphatic heterocycles. The van der Waals surface area contributed by atoms with Gasteiger partial charge in [-0.05, 0) is 56.4 Å². The molecule has 170 valence electrons. The van der Waals surface area contributed by atoms with Crippen LogP contribution in [0.15, 0.2) is 33.6 Å². The molecule has 1 amide bonds. The molecule has 32 heavy (non-hydrogen) atoms. The first-order valence-corrected chi connectivity index (χ1v) is 12.6. The molecule has 0 unspecified atom stereocenters. The third-order valence-electron chi connectivity index (χ3n) is 5.33. The second-order valence-corrected chi connectivity index (χ2v) is 11.4. The molecule has 1 aliphatic rings. The van der Waals surface area contributed by atoms with Crippen LogP contribution in [0, 0.1) is 25.7 Å². The molecule has 0 aliphatic carbocycles. The number of carbonyl (C=O) groups is 1. The molecule has 0 spiro atoms. The van der Waals surface area contributed by atoms with Crippen LogP contribution in [0.2, 0.25) is 0 Å². The SMILES string of the molecule is Cc1nc(C)c(-c2nnc(NC(=O)c3ccc(S(=O)(=O)N4C[C@H](C)C[C@H](C)C4)cc3)o2)s1. The number of thiazole rings is 1. The molecule has 2 atom stereocenters. The Morgan fingerprint density at radius 1 is 1.12 bits per heavy atom. The first-order chi connectivity index (χ1) is 15.1. The summed E-state index contributed by atoms with van der Waals surface area (Å²) in [5.74, 6) is 0.447. The van der Waals surface area contributed by atoms with Gasteiger partial charge in [0, 0.05) is 18.7 Å². The average molecular weight is 476 g/mol. The van der Waals surface area contributed by atoms with Gasteiger partial charge in [0.05, 0.1) is 15.6 Å². The van der Waals surface area contributed by atoms with Crippen molar-refractivity contribution >= 4 is 33.3 Å². The summed E-state index contributed by atoms with van der Waals surface area (Å²) in [4.78, 5) is 17.8. The third kappa shape index (κ3) is 4.59. The molecule has 4 rings (SSSR count). The molecule has 2 aromatic heterocycles. The van der Waals surface area contributed by atoms with E-state index in [0.29, 0.717) is 24.9 Å². The molecule has 0 bridgehead atoms. The summed E-state index contributed by atoms with van der Waals surface area (Å²) < 4.78 is 33.1. The molecule has 11 heteroatoms. The maximum absolute atomic E-state index is 13.0. The quantitative estimate of drug-likeness (QED) is 0.597. The summed E-state index contributed by atoms with van der Waals surface area (Å²) in [6.45, 7) is 8.87. The Kier molecular flexibility index (Phi) is 6.15. The van der Waals surface area contributed by atoms with Gasteiger partial charge in [-0.1, -0.05) is 18.9 Å². The summed E-state index contributed by atoms with van der Waals surface area (Å²) in [5, 5.41) is 11.3. The van der Waals surface area contributed by atoms with Gasteiger partial charge in [-0.3, -0.25) is 10.1 Å². The Bertz CT molecular complexity index is 1220. The number of rotatable bonds is 5. The number of hydrogen-bond acceptors (Lipinski definition) is 8. The predicted molar refractivity (Wildman–Crippen MR) is 121 cm³/mol. The van der Waals surface area contributed by atoms with Crippen LogP contribution >= 0.6 is 11.3 Å². The molecule has 1 saturated heterocycles. The van der Waals surface area contributed by atoms with Crippen LogP contribution < -0.4 is 5.32 Å². The van der Waals surface area contributed by atoms with E-state index in [4.69, 9.17) is 4.42 Å². The van der Waals surface area contributed by atoms with Crippen LogP contribution in [0.4, 0.5) is 6.01 Å². The van der Waals surface area contributed by atoms with E-state index in [9.17, 15) is 13.2 Å². The lowest BCUT2D eigenvalue weighted by molar-refractivity contribution is 0.102. The average Bonchev–Trinajstić information content (AvgIpc) is 3.32. The lowest BCUT2D eigenvalue weighted by Gasteiger charge is -2.34. The van der Waals surface area contributed by atoms with Gasteiger partial charge in [-0.25, -0.2) is 13.4 Å². The number of amides is 1. The summed E-state index contributed by atoms with van der Waals surface area (Å²) in [7, 11) is -3.60. The molecular weight excluding hydrogens is 450 g/mol. The van der Waals surface area contributed by atoms with E-state index in [-0.39, 0.29) is 22.4 Å². The van der Waals surface area contributed by atoms with Crippen molar-refractivity contribution in [3.05, 3.63) is 40.5 Å². The van der Waals surface area contributed by atoms with Crippen molar-refractivity contribution in [3.63, 3.8) is 0 Å². The Labute approximate surface area is 190 Å². The minimum absolute atomic E-state index is 0.0385. The zero-order chi connectivity index (χ0) is 23.0. The number of sulfonamides is 1. The van der Waals surface area contributed by atoms with Crippen molar-refractivity contribution < 1.29 is 17.6 Å². The lowest BCUT2D eigenvalue weighted by atomic mass is 9.94. The van der Waals surface area contributed by atoms with Gasteiger partial charge >= 0.3 is 6.01 Å². The fraction of sp³-hybridized carbons (Fsp3) is 0.429. The van der Waals surface area contributed by atoms with E-state index >= 15 is 0 Å². The summed E-state index contributed by atoms with van der Waals surface area (Å²) in [6.07, 6.45) is 1.02. The van der Waals surface area contributed by atoms with Crippen molar-refractivity contribution in [2.75, 3.05) is 18.4 Å². The molecule has 0 radical (unpaired) electrons. The fourth-order valence-corrected chi connectivity index (χ4v) is 6.51. The van der Waals surface area contributed by atoms with Crippen LogP contribution in [0.5, 0.6) is 0 Å². The van der Waals surface area contributed by atoms with Crippen LogP contribution in [0.25, 0.3) is 10.8 Å². The van der Waals surface area contributed by atoms with Gasteiger partial charge in [0.2, 0.25) is 10.0 Å². The molecule has 9 nitrogen and oxygen atoms in total. The topological polar surface area (TPSA) is 118 Å². The number of aryl methyl sites for hydroxylation is 2. The molecule has 0 saturated carbocycles. The number of nitrogens with zero attached hydrogens (tertiary/aromatic N) is 4. The number of carbonyl (C=O) groups excluding carboxylic acids is 1. The molecule has 1 fully saturated rings. The van der Waals surface area contributed by atoms with Gasteiger partial charge in [0.15, 0.2) is 0 Å². The largest absolute Gasteiger partial charge is 0.402 e. The third-order valence-corrected chi connectivity index (χ3v) is 8.24. The number of anilines is 1. The van der Waals surface area contributed by atoms with Gasteiger partial charge in [0.1, 0.15) is 4.88 Å². The second kappa shape index (κ2) is 8.72. The molecule has 1 aromatic carbocycles. The monoisotopic (exact) mass is 475 g/mol. The highest BCUT2D eigenvalue weighted by atomic mass is 32.2. The normalized spacial score (nSPS) is 19.8. The van der Waals surface area contributed by atoms with Crippen molar-refractivity contribution in [2.24, 2.45) is 11.8 Å². The lowest BCUT2D eigenvalue weighted by Crippen LogP contribution is -2.42. The minimum Gasteiger partial charge on any atom is -0.402 e. The van der Waals surface area contributed by atoms with E-state index < -0.39 is 15.9 Å². The van der Waals surface area contributed by atoms with Crippen molar-refractivity contribution in [1.82, 2.24) is 19.5 Å². The maximum atomic E-state index is 13.0. The highest BCUT2D eigenvalue weighted by molar-refractivity contribution is 7.89. The highest BCUT2D eigenvalue weighted by Crippen LogP contribution is 2.30. The Morgan fingerprint density at radius 2 is 1.78 bits per heavy atom. The number of piperidine rings is 1. The first-order valence-electron chi connectivity index (χ1n) is 10.3. The minimum atomic E-state index is -3.60. The molecule has 1 N–H and O–H groups in total. The van der Waals surface area contributed by atoms with E-state index in [2.05, 4.69) is 34.3 Å². The Morgan fingerprint density at radius 3 is 2.38 bits per heavy atom.